The zero-order chi connectivity index (χ0) is 14.1. The summed E-state index contributed by atoms with van der Waals surface area (Å²) in [6, 6.07) is 2.63. The molecule has 0 amide bonds. The Bertz CT molecular complexity index is 593. The van der Waals surface area contributed by atoms with Crippen LogP contribution >= 0.6 is 22.7 Å². The second-order valence-electron chi connectivity index (χ2n) is 4.92. The molecule has 0 bridgehead atoms. The molecule has 2 aromatic heterocycles. The summed E-state index contributed by atoms with van der Waals surface area (Å²) in [5.41, 5.74) is 8.24. The molecule has 0 aromatic carbocycles. The third-order valence-electron chi connectivity index (χ3n) is 3.76. The minimum atomic E-state index is 0.386. The Hall–Kier alpha value is -0.950. The van der Waals surface area contributed by atoms with Crippen LogP contribution in [-0.2, 0) is 24.3 Å². The Morgan fingerprint density at radius 2 is 2.40 bits per heavy atom. The van der Waals surface area contributed by atoms with Gasteiger partial charge in [-0.2, -0.15) is 0 Å². The van der Waals surface area contributed by atoms with Crippen LogP contribution in [0.3, 0.4) is 0 Å². The van der Waals surface area contributed by atoms with Gasteiger partial charge in [-0.25, -0.2) is 4.98 Å². The van der Waals surface area contributed by atoms with E-state index in [9.17, 15) is 0 Å². The quantitative estimate of drug-likeness (QED) is 0.943. The van der Waals surface area contributed by atoms with Crippen molar-refractivity contribution >= 4 is 27.8 Å². The zero-order valence-electron chi connectivity index (χ0n) is 11.8. The van der Waals surface area contributed by atoms with Gasteiger partial charge < -0.3 is 15.4 Å². The number of thiophene rings is 1. The van der Waals surface area contributed by atoms with Crippen molar-refractivity contribution in [1.29, 1.82) is 0 Å². The fourth-order valence-corrected chi connectivity index (χ4v) is 4.68. The molecule has 2 aromatic rings. The minimum Gasteiger partial charge on any atom is -0.378 e. The number of hydrogen-bond acceptors (Lipinski definition) is 6. The average Bonchev–Trinajstić information content (AvgIpc) is 3.06. The maximum atomic E-state index is 5.82. The summed E-state index contributed by atoms with van der Waals surface area (Å²) >= 11 is 3.56. The number of ether oxygens (including phenoxy) is 1. The lowest BCUT2D eigenvalue weighted by Crippen LogP contribution is -2.32. The molecule has 0 radical (unpaired) electrons. The van der Waals surface area contributed by atoms with E-state index in [4.69, 9.17) is 15.5 Å². The van der Waals surface area contributed by atoms with Crippen molar-refractivity contribution in [3.63, 3.8) is 0 Å². The van der Waals surface area contributed by atoms with Crippen LogP contribution in [0.4, 0.5) is 5.13 Å². The zero-order valence-corrected chi connectivity index (χ0v) is 13.4. The Balaban J connectivity index is 1.90. The smallest absolute Gasteiger partial charge is 0.186 e. The Labute approximate surface area is 127 Å². The molecule has 0 aliphatic carbocycles. The Morgan fingerprint density at radius 1 is 1.55 bits per heavy atom. The number of thiazole rings is 1. The second-order valence-corrected chi connectivity index (χ2v) is 6.98. The van der Waals surface area contributed by atoms with E-state index in [-0.39, 0.29) is 0 Å². The van der Waals surface area contributed by atoms with E-state index >= 15 is 0 Å². The van der Waals surface area contributed by atoms with Gasteiger partial charge in [-0.1, -0.05) is 0 Å². The first-order chi connectivity index (χ1) is 9.74. The van der Waals surface area contributed by atoms with Gasteiger partial charge in [0.05, 0.1) is 18.3 Å². The van der Waals surface area contributed by atoms with E-state index < -0.39 is 0 Å². The van der Waals surface area contributed by atoms with Crippen molar-refractivity contribution < 1.29 is 4.74 Å². The molecule has 20 heavy (non-hydrogen) atoms. The molecule has 3 rings (SSSR count). The summed E-state index contributed by atoms with van der Waals surface area (Å²) in [6.07, 6.45) is 1.11. The molecule has 4 nitrogen and oxygen atoms in total. The summed E-state index contributed by atoms with van der Waals surface area (Å²) < 4.78 is 5.21. The van der Waals surface area contributed by atoms with Gasteiger partial charge in [0.2, 0.25) is 0 Å². The molecule has 1 aliphatic heterocycles. The monoisotopic (exact) mass is 309 g/mol. The van der Waals surface area contributed by atoms with Gasteiger partial charge in [0, 0.05) is 30.0 Å². The molecule has 0 spiro atoms. The highest BCUT2D eigenvalue weighted by Crippen LogP contribution is 2.38. The van der Waals surface area contributed by atoms with Gasteiger partial charge in [-0.3, -0.25) is 0 Å². The molecule has 1 aliphatic rings. The first-order valence-electron chi connectivity index (χ1n) is 6.75. The molecule has 2 N–H and O–H groups in total. The van der Waals surface area contributed by atoms with Crippen LogP contribution in [0.2, 0.25) is 0 Å². The van der Waals surface area contributed by atoms with Crippen molar-refractivity contribution in [3.05, 3.63) is 32.5 Å². The molecular formula is C14H19N3OS2. The van der Waals surface area contributed by atoms with Crippen LogP contribution in [0.25, 0.3) is 0 Å². The van der Waals surface area contributed by atoms with E-state index in [1.54, 1.807) is 18.4 Å². The highest BCUT2D eigenvalue weighted by atomic mass is 32.1. The highest BCUT2D eigenvalue weighted by Gasteiger charge is 2.27. The first-order valence-corrected chi connectivity index (χ1v) is 8.44. The SMILES string of the molecule is COCc1nc(N2CCc3sccc3C2C)sc1CN. The average molecular weight is 309 g/mol. The minimum absolute atomic E-state index is 0.386. The fourth-order valence-electron chi connectivity index (χ4n) is 2.67. The van der Waals surface area contributed by atoms with Crippen molar-refractivity contribution in [2.75, 3.05) is 18.6 Å². The number of methoxy groups -OCH3 is 1. The summed E-state index contributed by atoms with van der Waals surface area (Å²) in [4.78, 5) is 9.78. The Morgan fingerprint density at radius 3 is 3.15 bits per heavy atom. The number of nitrogens with zero attached hydrogens (tertiary/aromatic N) is 2. The van der Waals surface area contributed by atoms with Gasteiger partial charge in [-0.05, 0) is 30.4 Å². The second kappa shape index (κ2) is 5.81. The van der Waals surface area contributed by atoms with Gasteiger partial charge in [0.1, 0.15) is 0 Å². The molecular weight excluding hydrogens is 290 g/mol. The van der Waals surface area contributed by atoms with Gasteiger partial charge in [0.25, 0.3) is 0 Å². The number of hydrogen-bond donors (Lipinski definition) is 1. The topological polar surface area (TPSA) is 51.4 Å². The summed E-state index contributed by atoms with van der Waals surface area (Å²) in [5.74, 6) is 0. The standard InChI is InChI=1S/C14H19N3OS2/c1-9-10-4-6-19-12(10)3-5-17(9)14-16-11(8-18-2)13(7-15)20-14/h4,6,9H,3,5,7-8,15H2,1-2H3. The van der Waals surface area contributed by atoms with E-state index in [0.717, 1.165) is 28.7 Å². The number of aromatic nitrogens is 1. The Kier molecular flexibility index (Phi) is 4.07. The molecule has 6 heteroatoms. The van der Waals surface area contributed by atoms with Crippen molar-refractivity contribution in [2.24, 2.45) is 5.73 Å². The predicted molar refractivity (Wildman–Crippen MR) is 84.5 cm³/mol. The summed E-state index contributed by atoms with van der Waals surface area (Å²) in [5, 5.41) is 3.26. The van der Waals surface area contributed by atoms with E-state index in [1.165, 1.54) is 10.4 Å². The maximum absolute atomic E-state index is 5.82. The van der Waals surface area contributed by atoms with E-state index in [0.29, 0.717) is 19.2 Å². The van der Waals surface area contributed by atoms with Crippen LogP contribution < -0.4 is 10.6 Å². The van der Waals surface area contributed by atoms with Crippen molar-refractivity contribution in [3.8, 4) is 0 Å². The third kappa shape index (κ3) is 2.37. The van der Waals surface area contributed by atoms with Crippen LogP contribution in [0.15, 0.2) is 11.4 Å². The van der Waals surface area contributed by atoms with Gasteiger partial charge in [0.15, 0.2) is 5.13 Å². The number of anilines is 1. The summed E-state index contributed by atoms with van der Waals surface area (Å²) in [6.45, 7) is 4.35. The largest absolute Gasteiger partial charge is 0.378 e. The number of rotatable bonds is 4. The molecule has 0 fully saturated rings. The van der Waals surface area contributed by atoms with Crippen molar-refractivity contribution in [1.82, 2.24) is 4.98 Å². The summed E-state index contributed by atoms with van der Waals surface area (Å²) in [7, 11) is 1.69. The predicted octanol–water partition coefficient (Wildman–Crippen LogP) is 2.93. The van der Waals surface area contributed by atoms with Crippen LogP contribution in [0, 0.1) is 0 Å². The molecule has 1 unspecified atom stereocenters. The molecule has 1 atom stereocenters. The fraction of sp³-hybridized carbons (Fsp3) is 0.500. The maximum Gasteiger partial charge on any atom is 0.186 e. The third-order valence-corrected chi connectivity index (χ3v) is 5.91. The van der Waals surface area contributed by atoms with Gasteiger partial charge >= 0.3 is 0 Å². The first kappa shape index (κ1) is 14.0. The molecule has 0 saturated heterocycles. The molecule has 108 valence electrons. The molecule has 3 heterocycles. The van der Waals surface area contributed by atoms with E-state index in [1.807, 2.05) is 11.3 Å². The van der Waals surface area contributed by atoms with Crippen LogP contribution in [0.5, 0.6) is 0 Å². The van der Waals surface area contributed by atoms with Crippen LogP contribution in [-0.4, -0.2) is 18.6 Å². The lowest BCUT2D eigenvalue weighted by atomic mass is 10.0. The lowest BCUT2D eigenvalue weighted by molar-refractivity contribution is 0.181. The lowest BCUT2D eigenvalue weighted by Gasteiger charge is -2.33. The highest BCUT2D eigenvalue weighted by molar-refractivity contribution is 7.15. The van der Waals surface area contributed by atoms with Gasteiger partial charge in [-0.15, -0.1) is 22.7 Å². The number of fused-ring (bicyclic) bond motifs is 1. The van der Waals surface area contributed by atoms with E-state index in [2.05, 4.69) is 23.3 Å². The van der Waals surface area contributed by atoms with Crippen LogP contribution in [0.1, 0.15) is 34.0 Å². The molecule has 0 saturated carbocycles. The number of nitrogens with two attached hydrogens (primary N) is 1. The van der Waals surface area contributed by atoms with Crippen molar-refractivity contribution in [2.45, 2.75) is 32.5 Å². The normalized spacial score (nSPS) is 18.4.